The van der Waals surface area contributed by atoms with Crippen molar-refractivity contribution in [3.8, 4) is 0 Å². The van der Waals surface area contributed by atoms with Crippen LogP contribution in [0.5, 0.6) is 0 Å². The molecule has 0 spiro atoms. The topological polar surface area (TPSA) is 64.0 Å². The van der Waals surface area contributed by atoms with E-state index in [0.29, 0.717) is 27.8 Å². The number of nitrogens with zero attached hydrogens (tertiary/aromatic N) is 2. The average Bonchev–Trinajstić information content (AvgIpc) is 3.35. The first-order valence-electron chi connectivity index (χ1n) is 7.22. The van der Waals surface area contributed by atoms with Gasteiger partial charge in [0.15, 0.2) is 5.82 Å². The number of amides is 1. The number of rotatable bonds is 3. The van der Waals surface area contributed by atoms with E-state index in [1.165, 1.54) is 27.4 Å². The number of hydrogen-bond donors (Lipinski definition) is 1. The molecule has 4 aromatic rings. The summed E-state index contributed by atoms with van der Waals surface area (Å²) in [5, 5.41) is 15.1. The standard InChI is InChI=1S/C17H10BrN3O2S2/c18-12-1-2-13-14(7-12)21(17(23)11-4-6-25-9-11)20-15(13)19-16(22)10-3-5-24-8-10/h1-9H,(H,19,20,22). The van der Waals surface area contributed by atoms with Crippen LogP contribution < -0.4 is 5.32 Å². The van der Waals surface area contributed by atoms with Gasteiger partial charge in [0, 0.05) is 20.6 Å². The van der Waals surface area contributed by atoms with Crippen molar-refractivity contribution in [3.63, 3.8) is 0 Å². The minimum absolute atomic E-state index is 0.236. The predicted octanol–water partition coefficient (Wildman–Crippen LogP) is 4.86. The van der Waals surface area contributed by atoms with Crippen molar-refractivity contribution in [2.75, 3.05) is 5.32 Å². The molecule has 0 saturated carbocycles. The molecule has 3 aromatic heterocycles. The predicted molar refractivity (Wildman–Crippen MR) is 104 cm³/mol. The Bertz CT molecular complexity index is 1070. The van der Waals surface area contributed by atoms with Crippen LogP contribution in [0.3, 0.4) is 0 Å². The van der Waals surface area contributed by atoms with Gasteiger partial charge in [0.25, 0.3) is 11.8 Å². The number of nitrogens with one attached hydrogen (secondary N) is 1. The van der Waals surface area contributed by atoms with Gasteiger partial charge < -0.3 is 5.32 Å². The lowest BCUT2D eigenvalue weighted by Crippen LogP contribution is -2.15. The van der Waals surface area contributed by atoms with Gasteiger partial charge in [0.2, 0.25) is 0 Å². The van der Waals surface area contributed by atoms with Crippen LogP contribution >= 0.6 is 38.6 Å². The van der Waals surface area contributed by atoms with E-state index in [1.54, 1.807) is 22.9 Å². The summed E-state index contributed by atoms with van der Waals surface area (Å²) in [5.41, 5.74) is 1.75. The van der Waals surface area contributed by atoms with Crippen LogP contribution in [0.15, 0.2) is 56.3 Å². The van der Waals surface area contributed by atoms with Crippen LogP contribution in [0.1, 0.15) is 20.7 Å². The highest BCUT2D eigenvalue weighted by atomic mass is 79.9. The maximum Gasteiger partial charge on any atom is 0.279 e. The Kier molecular flexibility index (Phi) is 4.24. The highest BCUT2D eigenvalue weighted by molar-refractivity contribution is 9.10. The first-order chi connectivity index (χ1) is 12.1. The van der Waals surface area contributed by atoms with Crippen molar-refractivity contribution in [3.05, 3.63) is 67.5 Å². The number of aromatic nitrogens is 2. The van der Waals surface area contributed by atoms with Gasteiger partial charge >= 0.3 is 0 Å². The Morgan fingerprint density at radius 1 is 1.04 bits per heavy atom. The molecule has 0 aliphatic heterocycles. The van der Waals surface area contributed by atoms with Crippen molar-refractivity contribution < 1.29 is 9.59 Å². The fraction of sp³-hybridized carbons (Fsp3) is 0. The van der Waals surface area contributed by atoms with Crippen molar-refractivity contribution >= 4 is 67.1 Å². The second-order valence-corrected chi connectivity index (χ2v) is 7.68. The monoisotopic (exact) mass is 431 g/mol. The summed E-state index contributed by atoms with van der Waals surface area (Å²) < 4.78 is 2.15. The maximum absolute atomic E-state index is 12.7. The van der Waals surface area contributed by atoms with Crippen LogP contribution in [-0.4, -0.2) is 21.6 Å². The minimum atomic E-state index is -0.251. The number of halogens is 1. The summed E-state index contributed by atoms with van der Waals surface area (Å²) in [6.07, 6.45) is 0. The van der Waals surface area contributed by atoms with E-state index in [0.717, 1.165) is 4.47 Å². The van der Waals surface area contributed by atoms with E-state index in [4.69, 9.17) is 0 Å². The highest BCUT2D eigenvalue weighted by Crippen LogP contribution is 2.27. The average molecular weight is 432 g/mol. The molecule has 0 atom stereocenters. The zero-order valence-electron chi connectivity index (χ0n) is 12.6. The molecule has 1 amide bonds. The molecule has 1 aromatic carbocycles. The van der Waals surface area contributed by atoms with Crippen LogP contribution in [0, 0.1) is 0 Å². The molecular formula is C17H10BrN3O2S2. The van der Waals surface area contributed by atoms with Gasteiger partial charge in [-0.3, -0.25) is 9.59 Å². The Morgan fingerprint density at radius 2 is 1.76 bits per heavy atom. The fourth-order valence-corrected chi connectivity index (χ4v) is 4.03. The lowest BCUT2D eigenvalue weighted by Gasteiger charge is -2.00. The Morgan fingerprint density at radius 3 is 2.44 bits per heavy atom. The summed E-state index contributed by atoms with van der Waals surface area (Å²) in [4.78, 5) is 25.1. The van der Waals surface area contributed by atoms with Gasteiger partial charge in [-0.05, 0) is 41.1 Å². The molecule has 3 heterocycles. The van der Waals surface area contributed by atoms with Gasteiger partial charge in [0.05, 0.1) is 16.6 Å². The Hall–Kier alpha value is -2.29. The SMILES string of the molecule is O=C(Nc1nn(C(=O)c2ccsc2)c2cc(Br)ccc12)c1ccsc1. The Labute approximate surface area is 159 Å². The Balaban J connectivity index is 1.80. The van der Waals surface area contributed by atoms with E-state index in [2.05, 4.69) is 26.3 Å². The molecule has 5 nitrogen and oxygen atoms in total. The molecule has 0 fully saturated rings. The molecule has 124 valence electrons. The molecule has 1 N–H and O–H groups in total. The highest BCUT2D eigenvalue weighted by Gasteiger charge is 2.19. The first-order valence-corrected chi connectivity index (χ1v) is 9.90. The third-order valence-corrected chi connectivity index (χ3v) is 5.48. The van der Waals surface area contributed by atoms with Gasteiger partial charge in [-0.15, -0.1) is 5.10 Å². The zero-order valence-corrected chi connectivity index (χ0v) is 15.8. The number of thiophene rings is 2. The van der Waals surface area contributed by atoms with E-state index in [-0.39, 0.29) is 11.8 Å². The number of carbonyl (C=O) groups excluding carboxylic acids is 2. The third kappa shape index (κ3) is 3.04. The quantitative estimate of drug-likeness (QED) is 0.503. The van der Waals surface area contributed by atoms with E-state index >= 15 is 0 Å². The van der Waals surface area contributed by atoms with Crippen LogP contribution in [-0.2, 0) is 0 Å². The van der Waals surface area contributed by atoms with E-state index in [1.807, 2.05) is 29.0 Å². The summed E-state index contributed by atoms with van der Waals surface area (Å²) in [7, 11) is 0. The van der Waals surface area contributed by atoms with Crippen molar-refractivity contribution in [1.29, 1.82) is 0 Å². The number of fused-ring (bicyclic) bond motifs is 1. The molecule has 0 bridgehead atoms. The second kappa shape index (κ2) is 6.55. The molecule has 0 aliphatic carbocycles. The fourth-order valence-electron chi connectivity index (χ4n) is 2.42. The summed E-state index contributed by atoms with van der Waals surface area (Å²) in [6.45, 7) is 0. The van der Waals surface area contributed by atoms with Gasteiger partial charge in [-0.2, -0.15) is 27.4 Å². The number of hydrogen-bond acceptors (Lipinski definition) is 5. The molecule has 4 rings (SSSR count). The minimum Gasteiger partial charge on any atom is -0.305 e. The molecule has 0 radical (unpaired) electrons. The van der Waals surface area contributed by atoms with E-state index in [9.17, 15) is 9.59 Å². The smallest absolute Gasteiger partial charge is 0.279 e. The molecule has 0 aliphatic rings. The van der Waals surface area contributed by atoms with Crippen LogP contribution in [0.4, 0.5) is 5.82 Å². The van der Waals surface area contributed by atoms with Gasteiger partial charge in [-0.25, -0.2) is 0 Å². The lowest BCUT2D eigenvalue weighted by atomic mass is 10.2. The molecule has 0 saturated heterocycles. The summed E-state index contributed by atoms with van der Waals surface area (Å²) in [5.74, 6) is -0.124. The lowest BCUT2D eigenvalue weighted by molar-refractivity contribution is 0.0949. The van der Waals surface area contributed by atoms with Crippen molar-refractivity contribution in [2.24, 2.45) is 0 Å². The van der Waals surface area contributed by atoms with Gasteiger partial charge in [0.1, 0.15) is 0 Å². The van der Waals surface area contributed by atoms with Crippen LogP contribution in [0.25, 0.3) is 10.9 Å². The van der Waals surface area contributed by atoms with E-state index < -0.39 is 0 Å². The second-order valence-electron chi connectivity index (χ2n) is 5.21. The van der Waals surface area contributed by atoms with Crippen molar-refractivity contribution in [1.82, 2.24) is 9.78 Å². The summed E-state index contributed by atoms with van der Waals surface area (Å²) in [6, 6.07) is 8.98. The molecule has 8 heteroatoms. The maximum atomic E-state index is 12.7. The van der Waals surface area contributed by atoms with Gasteiger partial charge in [-0.1, -0.05) is 15.9 Å². The molecule has 25 heavy (non-hydrogen) atoms. The largest absolute Gasteiger partial charge is 0.305 e. The third-order valence-electron chi connectivity index (χ3n) is 3.62. The molecule has 0 unspecified atom stereocenters. The zero-order chi connectivity index (χ0) is 17.4. The van der Waals surface area contributed by atoms with Crippen LogP contribution in [0.2, 0.25) is 0 Å². The number of carbonyl (C=O) groups is 2. The number of anilines is 1. The number of benzene rings is 1. The normalized spacial score (nSPS) is 10.9. The first kappa shape index (κ1) is 16.2. The van der Waals surface area contributed by atoms with Crippen molar-refractivity contribution in [2.45, 2.75) is 0 Å². The summed E-state index contributed by atoms with van der Waals surface area (Å²) >= 11 is 6.31. The molecular weight excluding hydrogens is 422 g/mol.